The minimum Gasteiger partial charge on any atom is -0.384 e. The van der Waals surface area contributed by atoms with Gasteiger partial charge in [0.2, 0.25) is 0 Å². The second-order valence-electron chi connectivity index (χ2n) is 4.57. The molecule has 3 nitrogen and oxygen atoms in total. The molecule has 0 spiro atoms. The third kappa shape index (κ3) is 4.96. The normalized spacial score (nSPS) is 16.0. The van der Waals surface area contributed by atoms with Gasteiger partial charge >= 0.3 is 0 Å². The van der Waals surface area contributed by atoms with E-state index in [4.69, 9.17) is 10.5 Å². The minimum absolute atomic E-state index is 0.435. The zero-order valence-corrected chi connectivity index (χ0v) is 11.0. The first-order valence-corrected chi connectivity index (χ1v) is 6.03. The number of hydrogen-bond acceptors (Lipinski definition) is 3. The van der Waals surface area contributed by atoms with Crippen molar-refractivity contribution < 1.29 is 4.74 Å². The van der Waals surface area contributed by atoms with Gasteiger partial charge in [-0.1, -0.05) is 13.8 Å². The van der Waals surface area contributed by atoms with Gasteiger partial charge in [-0.25, -0.2) is 0 Å². The van der Waals surface area contributed by atoms with Crippen LogP contribution in [0.3, 0.4) is 0 Å². The molecule has 0 saturated carbocycles. The first-order valence-electron chi connectivity index (χ1n) is 6.03. The van der Waals surface area contributed by atoms with Crippen LogP contribution in [0.1, 0.15) is 34.1 Å². The molecule has 2 unspecified atom stereocenters. The van der Waals surface area contributed by atoms with Crippen molar-refractivity contribution in [3.63, 3.8) is 0 Å². The van der Waals surface area contributed by atoms with Crippen molar-refractivity contribution in [2.45, 2.75) is 46.2 Å². The molecule has 92 valence electrons. The van der Waals surface area contributed by atoms with Crippen LogP contribution in [0.15, 0.2) is 0 Å². The Labute approximate surface area is 95.0 Å². The van der Waals surface area contributed by atoms with Crippen molar-refractivity contribution in [3.05, 3.63) is 0 Å². The Morgan fingerprint density at radius 2 is 1.87 bits per heavy atom. The van der Waals surface area contributed by atoms with E-state index in [1.54, 1.807) is 7.11 Å². The fourth-order valence-electron chi connectivity index (χ4n) is 2.13. The summed E-state index contributed by atoms with van der Waals surface area (Å²) in [4.78, 5) is 2.49. The Morgan fingerprint density at radius 1 is 1.27 bits per heavy atom. The predicted octanol–water partition coefficient (Wildman–Crippen LogP) is 1.72. The average Bonchev–Trinajstić information content (AvgIpc) is 2.18. The van der Waals surface area contributed by atoms with Crippen LogP contribution in [0.25, 0.3) is 0 Å². The highest BCUT2D eigenvalue weighted by molar-refractivity contribution is 4.80. The molecular weight excluding hydrogens is 188 g/mol. The Bertz CT molecular complexity index is 151. The van der Waals surface area contributed by atoms with Crippen LogP contribution in [0.5, 0.6) is 0 Å². The summed E-state index contributed by atoms with van der Waals surface area (Å²) in [5.74, 6) is 0.494. The lowest BCUT2D eigenvalue weighted by Gasteiger charge is -2.37. The van der Waals surface area contributed by atoms with Gasteiger partial charge in [-0.05, 0) is 32.7 Å². The smallest absolute Gasteiger partial charge is 0.0503 e. The number of ether oxygens (including phenoxy) is 1. The van der Waals surface area contributed by atoms with Crippen molar-refractivity contribution in [1.29, 1.82) is 0 Å². The highest BCUT2D eigenvalue weighted by Crippen LogP contribution is 2.14. The van der Waals surface area contributed by atoms with E-state index in [-0.39, 0.29) is 0 Å². The second-order valence-corrected chi connectivity index (χ2v) is 4.57. The van der Waals surface area contributed by atoms with E-state index in [1.807, 2.05) is 0 Å². The predicted molar refractivity (Wildman–Crippen MR) is 66.0 cm³/mol. The van der Waals surface area contributed by atoms with Gasteiger partial charge in [0.25, 0.3) is 0 Å². The molecule has 0 aromatic carbocycles. The van der Waals surface area contributed by atoms with Gasteiger partial charge in [-0.2, -0.15) is 0 Å². The summed E-state index contributed by atoms with van der Waals surface area (Å²) < 4.78 is 5.21. The maximum absolute atomic E-state index is 5.88. The van der Waals surface area contributed by atoms with Crippen molar-refractivity contribution in [2.24, 2.45) is 11.7 Å². The molecule has 0 aromatic rings. The first kappa shape index (κ1) is 14.9. The van der Waals surface area contributed by atoms with E-state index in [1.165, 1.54) is 6.42 Å². The standard InChI is InChI=1S/C12H28N2O/c1-6-7-14(10(2)3)12(8-13)11(4)9-15-5/h10-12H,6-9,13H2,1-5H3. The average molecular weight is 216 g/mol. The molecule has 2 atom stereocenters. The van der Waals surface area contributed by atoms with Gasteiger partial charge < -0.3 is 10.5 Å². The molecule has 3 heteroatoms. The van der Waals surface area contributed by atoms with Gasteiger partial charge in [0.1, 0.15) is 0 Å². The van der Waals surface area contributed by atoms with Crippen molar-refractivity contribution in [2.75, 3.05) is 26.8 Å². The number of nitrogens with two attached hydrogens (primary N) is 1. The fourth-order valence-corrected chi connectivity index (χ4v) is 2.13. The largest absolute Gasteiger partial charge is 0.384 e. The third-order valence-electron chi connectivity index (χ3n) is 2.90. The van der Waals surface area contributed by atoms with Gasteiger partial charge in [0.15, 0.2) is 0 Å². The summed E-state index contributed by atoms with van der Waals surface area (Å²) in [6, 6.07) is 0.989. The fraction of sp³-hybridized carbons (Fsp3) is 1.00. The SMILES string of the molecule is CCCN(C(C)C)C(CN)C(C)COC. The summed E-state index contributed by atoms with van der Waals surface area (Å²) in [7, 11) is 1.75. The van der Waals surface area contributed by atoms with Gasteiger partial charge in [-0.15, -0.1) is 0 Å². The van der Waals surface area contributed by atoms with Crippen LogP contribution in [-0.2, 0) is 4.74 Å². The van der Waals surface area contributed by atoms with Crippen LogP contribution in [-0.4, -0.2) is 43.8 Å². The molecule has 0 fully saturated rings. The Hall–Kier alpha value is -0.120. The zero-order chi connectivity index (χ0) is 11.8. The van der Waals surface area contributed by atoms with Gasteiger partial charge in [0.05, 0.1) is 6.61 Å². The molecule has 0 amide bonds. The van der Waals surface area contributed by atoms with Crippen LogP contribution in [0.2, 0.25) is 0 Å². The molecule has 2 N–H and O–H groups in total. The third-order valence-corrected chi connectivity index (χ3v) is 2.90. The summed E-state index contributed by atoms with van der Waals surface area (Å²) in [6.45, 7) is 11.5. The van der Waals surface area contributed by atoms with E-state index >= 15 is 0 Å². The lowest BCUT2D eigenvalue weighted by Crippen LogP contribution is -2.49. The molecule has 0 rings (SSSR count). The van der Waals surface area contributed by atoms with E-state index in [9.17, 15) is 0 Å². The lowest BCUT2D eigenvalue weighted by molar-refractivity contribution is 0.0672. The molecule has 0 bridgehead atoms. The summed E-state index contributed by atoms with van der Waals surface area (Å²) in [6.07, 6.45) is 1.17. The molecule has 0 aliphatic rings. The number of nitrogens with zero attached hydrogens (tertiary/aromatic N) is 1. The molecule has 0 aliphatic carbocycles. The Kier molecular flexibility index (Phi) is 8.02. The highest BCUT2D eigenvalue weighted by atomic mass is 16.5. The summed E-state index contributed by atoms with van der Waals surface area (Å²) >= 11 is 0. The molecular formula is C12H28N2O. The monoisotopic (exact) mass is 216 g/mol. The van der Waals surface area contributed by atoms with Crippen molar-refractivity contribution in [3.8, 4) is 0 Å². The molecule has 0 aromatic heterocycles. The van der Waals surface area contributed by atoms with E-state index < -0.39 is 0 Å². The second kappa shape index (κ2) is 8.08. The Morgan fingerprint density at radius 3 is 2.20 bits per heavy atom. The molecule has 0 heterocycles. The summed E-state index contributed by atoms with van der Waals surface area (Å²) in [5.41, 5.74) is 5.88. The maximum atomic E-state index is 5.88. The number of methoxy groups -OCH3 is 1. The van der Waals surface area contributed by atoms with Crippen LogP contribution in [0.4, 0.5) is 0 Å². The topological polar surface area (TPSA) is 38.5 Å². The first-order chi connectivity index (χ1) is 7.08. The van der Waals surface area contributed by atoms with Crippen LogP contribution < -0.4 is 5.73 Å². The molecule has 0 saturated heterocycles. The van der Waals surface area contributed by atoms with E-state index in [2.05, 4.69) is 32.6 Å². The quantitative estimate of drug-likeness (QED) is 0.671. The van der Waals surface area contributed by atoms with Crippen LogP contribution >= 0.6 is 0 Å². The van der Waals surface area contributed by atoms with Gasteiger partial charge in [0, 0.05) is 25.7 Å². The van der Waals surface area contributed by atoms with Crippen LogP contribution in [0, 0.1) is 5.92 Å². The number of rotatable bonds is 8. The van der Waals surface area contributed by atoms with E-state index in [0.717, 1.165) is 13.2 Å². The maximum Gasteiger partial charge on any atom is 0.0503 e. The lowest BCUT2D eigenvalue weighted by atomic mass is 9.99. The molecule has 15 heavy (non-hydrogen) atoms. The van der Waals surface area contributed by atoms with Crippen molar-refractivity contribution in [1.82, 2.24) is 4.90 Å². The van der Waals surface area contributed by atoms with Crippen molar-refractivity contribution >= 4 is 0 Å². The highest BCUT2D eigenvalue weighted by Gasteiger charge is 2.24. The molecule has 0 radical (unpaired) electrons. The molecule has 0 aliphatic heterocycles. The minimum atomic E-state index is 0.435. The number of hydrogen-bond donors (Lipinski definition) is 1. The summed E-state index contributed by atoms with van der Waals surface area (Å²) in [5, 5.41) is 0. The van der Waals surface area contributed by atoms with E-state index in [0.29, 0.717) is 24.5 Å². The van der Waals surface area contributed by atoms with Gasteiger partial charge in [-0.3, -0.25) is 4.90 Å². The zero-order valence-electron chi connectivity index (χ0n) is 11.0. The Balaban J connectivity index is 4.42.